The van der Waals surface area contributed by atoms with Crippen LogP contribution >= 0.6 is 0 Å². The van der Waals surface area contributed by atoms with Gasteiger partial charge >= 0.3 is 11.7 Å². The SMILES string of the molecule is CC(=O)CC1C=CN(c2nc3ccccc3n(C3C[C@H]4CCC[C@@H](C3)N4C3C[C@H]4CCC[C@@H](C3)C4)c2=O)C(=O)N1.Cc1nc(=O)n(-c2nc3ccccc3n(C3C[C@H]4CCC[C@@H](C3)N4C3C[C@H]4CCC[C@@H](C3)C4)c2=O)cc1F. The van der Waals surface area contributed by atoms with E-state index in [0.717, 1.165) is 76.7 Å². The van der Waals surface area contributed by atoms with E-state index in [1.54, 1.807) is 12.3 Å². The second-order valence-electron chi connectivity index (χ2n) is 25.4. The molecule has 5 aromatic rings. The minimum Gasteiger partial charge on any atom is -0.331 e. The first-order valence-corrected chi connectivity index (χ1v) is 30.0. The second-order valence-corrected chi connectivity index (χ2v) is 25.4. The van der Waals surface area contributed by atoms with E-state index in [4.69, 9.17) is 0 Å². The number of Topliss-reactive ketones (excluding diaryl/α,β-unsaturated/α-hetero) is 1. The number of carbonyl (C=O) groups is 2. The number of benzene rings is 2. The van der Waals surface area contributed by atoms with E-state index in [2.05, 4.69) is 30.1 Å². The summed E-state index contributed by atoms with van der Waals surface area (Å²) in [6.07, 6.45) is 32.4. The van der Waals surface area contributed by atoms with Crippen molar-refractivity contribution < 1.29 is 14.0 Å². The highest BCUT2D eigenvalue weighted by atomic mass is 19.1. The number of piperidine rings is 4. The monoisotopic (exact) mass is 1060 g/mol. The van der Waals surface area contributed by atoms with Gasteiger partial charge in [0.2, 0.25) is 11.6 Å². The summed E-state index contributed by atoms with van der Waals surface area (Å²) >= 11 is 0. The third-order valence-corrected chi connectivity index (χ3v) is 20.4. The summed E-state index contributed by atoms with van der Waals surface area (Å²) in [7, 11) is 0. The lowest BCUT2D eigenvalue weighted by molar-refractivity contribution is -0.117. The Bertz CT molecular complexity index is 3280. The Labute approximate surface area is 455 Å². The molecule has 8 bridgehead atoms. The van der Waals surface area contributed by atoms with E-state index in [-0.39, 0.29) is 58.8 Å². The van der Waals surface area contributed by atoms with Gasteiger partial charge < -0.3 is 14.5 Å². The molecule has 1 N–H and O–H groups in total. The number of aryl methyl sites for hydroxylation is 1. The number of hydrogen-bond acceptors (Lipinski definition) is 10. The molecule has 2 amide bonds. The number of amides is 2. The number of urea groups is 1. The largest absolute Gasteiger partial charge is 0.353 e. The van der Waals surface area contributed by atoms with Crippen LogP contribution in [0.2, 0.25) is 0 Å². The molecule has 16 heteroatoms. The van der Waals surface area contributed by atoms with Crippen molar-refractivity contribution in [3.63, 3.8) is 0 Å². The third-order valence-electron chi connectivity index (χ3n) is 20.4. The lowest BCUT2D eigenvalue weighted by Crippen LogP contribution is -2.58. The van der Waals surface area contributed by atoms with Gasteiger partial charge in [-0.15, -0.1) is 0 Å². The maximum atomic E-state index is 14.4. The molecule has 78 heavy (non-hydrogen) atoms. The first kappa shape index (κ1) is 51.6. The Hall–Kier alpha value is -5.87. The normalized spacial score (nSPS) is 32.8. The molecule has 5 unspecified atom stereocenters. The predicted molar refractivity (Wildman–Crippen MR) is 299 cm³/mol. The van der Waals surface area contributed by atoms with Gasteiger partial charge in [-0.25, -0.2) is 33.4 Å². The minimum atomic E-state index is -0.690. The Morgan fingerprint density at radius 3 is 1.49 bits per heavy atom. The van der Waals surface area contributed by atoms with Gasteiger partial charge in [-0.2, -0.15) is 4.98 Å². The van der Waals surface area contributed by atoms with Crippen LogP contribution in [0.5, 0.6) is 0 Å². The number of fused-ring (bicyclic) bond motifs is 10. The maximum Gasteiger partial charge on any atom is 0.353 e. The van der Waals surface area contributed by atoms with Gasteiger partial charge in [-0.3, -0.25) is 24.2 Å². The lowest BCUT2D eigenvalue weighted by atomic mass is 9.68. The van der Waals surface area contributed by atoms with Gasteiger partial charge in [0.25, 0.3) is 11.1 Å². The summed E-state index contributed by atoms with van der Waals surface area (Å²) < 4.78 is 19.2. The van der Waals surface area contributed by atoms with E-state index in [1.165, 1.54) is 134 Å². The van der Waals surface area contributed by atoms with Crippen molar-refractivity contribution >= 4 is 39.7 Å². The van der Waals surface area contributed by atoms with Crippen LogP contribution in [-0.2, 0) is 4.79 Å². The van der Waals surface area contributed by atoms with Crippen LogP contribution in [0, 0.1) is 36.4 Å². The lowest BCUT2D eigenvalue weighted by Gasteiger charge is -2.55. The van der Waals surface area contributed by atoms with Crippen molar-refractivity contribution in [1.82, 2.24) is 43.8 Å². The van der Waals surface area contributed by atoms with Crippen LogP contribution in [-0.4, -0.2) is 92.6 Å². The van der Waals surface area contributed by atoms with Crippen LogP contribution in [0.25, 0.3) is 27.9 Å². The average Bonchev–Trinajstić information content (AvgIpc) is 3.62. The molecular weight excluding hydrogens is 984 g/mol. The van der Waals surface area contributed by atoms with E-state index in [0.29, 0.717) is 41.8 Å². The first-order valence-electron chi connectivity index (χ1n) is 30.0. The van der Waals surface area contributed by atoms with Crippen molar-refractivity contribution in [3.8, 4) is 5.82 Å². The zero-order chi connectivity index (χ0) is 53.3. The average molecular weight is 1060 g/mol. The van der Waals surface area contributed by atoms with Gasteiger partial charge in [-0.05, 0) is 158 Å². The number of nitrogens with zero attached hydrogens (tertiary/aromatic N) is 9. The minimum absolute atomic E-state index is 0.00270. The Morgan fingerprint density at radius 2 is 1.01 bits per heavy atom. The highest BCUT2D eigenvalue weighted by Gasteiger charge is 2.48. The molecule has 5 aliphatic heterocycles. The molecule has 13 atom stereocenters. The first-order chi connectivity index (χ1) is 37.9. The third kappa shape index (κ3) is 9.78. The maximum absolute atomic E-state index is 14.4. The van der Waals surface area contributed by atoms with E-state index >= 15 is 0 Å². The Kier molecular flexibility index (Phi) is 14.1. The number of rotatable bonds is 8. The molecule has 2 aromatic carbocycles. The molecule has 4 saturated carbocycles. The molecule has 0 radical (unpaired) electrons. The van der Waals surface area contributed by atoms with Gasteiger partial charge in [0, 0.05) is 61.0 Å². The number of carbonyl (C=O) groups excluding carboxylic acids is 2. The zero-order valence-corrected chi connectivity index (χ0v) is 45.6. The summed E-state index contributed by atoms with van der Waals surface area (Å²) in [5.74, 6) is 3.01. The van der Waals surface area contributed by atoms with Gasteiger partial charge in [0.1, 0.15) is 5.78 Å². The van der Waals surface area contributed by atoms with Gasteiger partial charge in [0.15, 0.2) is 5.82 Å². The summed E-state index contributed by atoms with van der Waals surface area (Å²) in [6.45, 7) is 2.95. The topological polar surface area (TPSA) is 161 Å². The van der Waals surface area contributed by atoms with Crippen LogP contribution < -0.4 is 27.0 Å². The fourth-order valence-corrected chi connectivity index (χ4v) is 17.4. The highest BCUT2D eigenvalue weighted by molar-refractivity contribution is 5.95. The zero-order valence-electron chi connectivity index (χ0n) is 45.6. The number of anilines is 1. The smallest absolute Gasteiger partial charge is 0.331 e. The van der Waals surface area contributed by atoms with Crippen molar-refractivity contribution in [3.05, 3.63) is 110 Å². The molecule has 4 saturated heterocycles. The van der Waals surface area contributed by atoms with E-state index in [9.17, 15) is 28.4 Å². The van der Waals surface area contributed by atoms with Crippen LogP contribution in [0.15, 0.2) is 81.4 Å². The van der Waals surface area contributed by atoms with Gasteiger partial charge in [0.05, 0.1) is 40.0 Å². The van der Waals surface area contributed by atoms with Crippen molar-refractivity contribution in [1.29, 1.82) is 0 Å². The number of para-hydroxylation sites is 4. The van der Waals surface area contributed by atoms with E-state index < -0.39 is 17.5 Å². The number of hydrogen-bond donors (Lipinski definition) is 1. The molecule has 412 valence electrons. The Morgan fingerprint density at radius 1 is 0.564 bits per heavy atom. The fraction of sp³-hybridized carbons (Fsp3) is 0.613. The quantitative estimate of drug-likeness (QED) is 0.158. The Balaban J connectivity index is 0.000000149. The molecule has 9 aliphatic rings. The number of aromatic nitrogens is 6. The highest BCUT2D eigenvalue weighted by Crippen LogP contribution is 2.50. The van der Waals surface area contributed by atoms with Crippen LogP contribution in [0.4, 0.5) is 15.0 Å². The molecule has 14 rings (SSSR count). The summed E-state index contributed by atoms with van der Waals surface area (Å²) in [4.78, 5) is 85.7. The molecule has 0 spiro atoms. The molecule has 8 heterocycles. The number of ketones is 1. The second kappa shape index (κ2) is 21.3. The molecule has 15 nitrogen and oxygen atoms in total. The molecule has 8 fully saturated rings. The van der Waals surface area contributed by atoms with E-state index in [1.807, 2.05) is 57.7 Å². The van der Waals surface area contributed by atoms with Crippen molar-refractivity contribution in [2.45, 2.75) is 216 Å². The summed E-state index contributed by atoms with van der Waals surface area (Å²) in [6, 6.07) is 18.1. The van der Waals surface area contributed by atoms with Gasteiger partial charge in [-0.1, -0.05) is 75.6 Å². The van der Waals surface area contributed by atoms with Crippen molar-refractivity contribution in [2.24, 2.45) is 23.7 Å². The number of nitrogens with one attached hydrogen (secondary N) is 1. The standard InChI is InChI=1S/C32H41N5O3.C30H36FN5O2/c1-20(38)14-23-12-13-35(32(40)33-23)30-31(39)37(29-11-3-2-10-28(29)34-30)27-18-24-8-5-9-25(19-27)36(24)26-16-21-6-4-7-22(15-21)17-26;1-18-25(31)17-34(30(38)32-18)28-29(37)36(27-11-3-2-10-26(27)33-28)24-15-21-8-5-9-22(16-24)35(21)23-13-19-6-4-7-20(12-19)14-23/h2-3,10-13,21-27H,4-9,14-19H2,1H3,(H,33,40);2-3,10-11,17,19-24H,4-9,12-16H2,1H3/t21-,22+,23?,24-,25+,26?,27?;19-,20+,21-,22+,23?,24?. The molecule has 4 aliphatic carbocycles. The van der Waals surface area contributed by atoms with Crippen molar-refractivity contribution in [2.75, 3.05) is 4.90 Å². The molecular formula is C62H77FN10O5. The van der Waals surface area contributed by atoms with Crippen LogP contribution in [0.1, 0.15) is 172 Å². The van der Waals surface area contributed by atoms with Crippen LogP contribution in [0.3, 0.4) is 0 Å². The molecule has 3 aromatic heterocycles. The summed E-state index contributed by atoms with van der Waals surface area (Å²) in [5.41, 5.74) is 1.73. The predicted octanol–water partition coefficient (Wildman–Crippen LogP) is 10.2. The summed E-state index contributed by atoms with van der Waals surface area (Å²) in [5, 5.41) is 2.85. The number of halogens is 1. The fourth-order valence-electron chi connectivity index (χ4n) is 17.4.